The molecule has 0 unspecified atom stereocenters. The van der Waals surface area contributed by atoms with E-state index in [-0.39, 0.29) is 5.91 Å². The van der Waals surface area contributed by atoms with Gasteiger partial charge in [-0.1, -0.05) is 25.1 Å². The van der Waals surface area contributed by atoms with E-state index in [4.69, 9.17) is 21.5 Å². The third-order valence-corrected chi connectivity index (χ3v) is 4.20. The molecule has 0 radical (unpaired) electrons. The van der Waals surface area contributed by atoms with E-state index in [0.717, 1.165) is 30.0 Å². The standard InChI is InChI=1S/C19H26N4O3S/c1-12(2)8-9-20-19(27)22-21-18(24)15-6-5-7-16(10-15)25-11-17-13(3)23-26-14(17)4/h5-7,10,12H,8-9,11H2,1-4H3,(H,21,24)(H2,20,22,27). The lowest BCUT2D eigenvalue weighted by molar-refractivity contribution is 0.0943. The molecule has 1 heterocycles. The molecule has 146 valence electrons. The quantitative estimate of drug-likeness (QED) is 0.495. The lowest BCUT2D eigenvalue weighted by Crippen LogP contribution is -2.47. The summed E-state index contributed by atoms with van der Waals surface area (Å²) in [5.74, 6) is 1.60. The molecule has 0 aliphatic rings. The first-order chi connectivity index (χ1) is 12.9. The third kappa shape index (κ3) is 6.56. The molecular formula is C19H26N4O3S. The van der Waals surface area contributed by atoms with Gasteiger partial charge in [0.1, 0.15) is 18.1 Å². The van der Waals surface area contributed by atoms with Gasteiger partial charge in [0.25, 0.3) is 5.91 Å². The number of aryl methyl sites for hydroxylation is 2. The fourth-order valence-corrected chi connectivity index (χ4v) is 2.45. The number of aromatic nitrogens is 1. The number of nitrogens with zero attached hydrogens (tertiary/aromatic N) is 1. The highest BCUT2D eigenvalue weighted by Crippen LogP contribution is 2.18. The number of rotatable bonds is 7. The van der Waals surface area contributed by atoms with Gasteiger partial charge in [-0.2, -0.15) is 0 Å². The number of hydrogen-bond acceptors (Lipinski definition) is 5. The highest BCUT2D eigenvalue weighted by molar-refractivity contribution is 7.80. The largest absolute Gasteiger partial charge is 0.489 e. The summed E-state index contributed by atoms with van der Waals surface area (Å²) in [7, 11) is 0. The third-order valence-electron chi connectivity index (χ3n) is 3.96. The van der Waals surface area contributed by atoms with Crippen LogP contribution in [0.15, 0.2) is 28.8 Å². The van der Waals surface area contributed by atoms with Crippen molar-refractivity contribution in [1.29, 1.82) is 0 Å². The Labute approximate surface area is 164 Å². The Morgan fingerprint density at radius 2 is 2.07 bits per heavy atom. The summed E-state index contributed by atoms with van der Waals surface area (Å²) in [6, 6.07) is 6.93. The van der Waals surface area contributed by atoms with Gasteiger partial charge in [-0.15, -0.1) is 0 Å². The van der Waals surface area contributed by atoms with E-state index in [0.29, 0.717) is 29.0 Å². The van der Waals surface area contributed by atoms with E-state index in [2.05, 4.69) is 35.2 Å². The predicted octanol–water partition coefficient (Wildman–Crippen LogP) is 3.03. The van der Waals surface area contributed by atoms with E-state index >= 15 is 0 Å². The fourth-order valence-electron chi connectivity index (χ4n) is 2.29. The molecule has 0 saturated carbocycles. The number of thiocarbonyl (C=S) groups is 1. The van der Waals surface area contributed by atoms with Crippen LogP contribution < -0.4 is 20.9 Å². The molecular weight excluding hydrogens is 364 g/mol. The number of hydrogen-bond donors (Lipinski definition) is 3. The second-order valence-electron chi connectivity index (χ2n) is 6.64. The Morgan fingerprint density at radius 3 is 2.74 bits per heavy atom. The van der Waals surface area contributed by atoms with Gasteiger partial charge >= 0.3 is 0 Å². The zero-order valence-electron chi connectivity index (χ0n) is 16.1. The van der Waals surface area contributed by atoms with Crippen LogP contribution >= 0.6 is 12.2 Å². The van der Waals surface area contributed by atoms with Gasteiger partial charge in [-0.25, -0.2) is 0 Å². The molecule has 1 aromatic carbocycles. The predicted molar refractivity (Wildman–Crippen MR) is 107 cm³/mol. The van der Waals surface area contributed by atoms with Gasteiger partial charge in [0.15, 0.2) is 5.11 Å². The molecule has 1 aromatic heterocycles. The normalized spacial score (nSPS) is 10.6. The summed E-state index contributed by atoms with van der Waals surface area (Å²) in [4.78, 5) is 12.3. The summed E-state index contributed by atoms with van der Waals surface area (Å²) in [5, 5.41) is 7.33. The average Bonchev–Trinajstić information content (AvgIpc) is 2.95. The van der Waals surface area contributed by atoms with E-state index in [1.54, 1.807) is 24.3 Å². The molecule has 0 atom stereocenters. The monoisotopic (exact) mass is 390 g/mol. The van der Waals surface area contributed by atoms with Crippen LogP contribution in [0.4, 0.5) is 0 Å². The van der Waals surface area contributed by atoms with Crippen molar-refractivity contribution in [2.24, 2.45) is 5.92 Å². The molecule has 7 nitrogen and oxygen atoms in total. The molecule has 2 rings (SSSR count). The van der Waals surface area contributed by atoms with Crippen LogP contribution in [0, 0.1) is 19.8 Å². The maximum atomic E-state index is 12.3. The second kappa shape index (κ2) is 9.91. The first-order valence-electron chi connectivity index (χ1n) is 8.85. The summed E-state index contributed by atoms with van der Waals surface area (Å²) in [6.07, 6.45) is 1.00. The number of nitrogens with one attached hydrogen (secondary N) is 3. The molecule has 0 aliphatic carbocycles. The Hall–Kier alpha value is -2.61. The molecule has 0 aliphatic heterocycles. The zero-order valence-corrected chi connectivity index (χ0v) is 16.9. The van der Waals surface area contributed by atoms with E-state index in [1.165, 1.54) is 0 Å². The lowest BCUT2D eigenvalue weighted by atomic mass is 10.1. The lowest BCUT2D eigenvalue weighted by Gasteiger charge is -2.13. The molecule has 0 bridgehead atoms. The zero-order chi connectivity index (χ0) is 19.8. The number of ether oxygens (including phenoxy) is 1. The average molecular weight is 391 g/mol. The SMILES string of the molecule is Cc1noc(C)c1COc1cccc(C(=O)NNC(=S)NCCC(C)C)c1. The number of benzene rings is 1. The summed E-state index contributed by atoms with van der Waals surface area (Å²) in [6.45, 7) is 9.06. The van der Waals surface area contributed by atoms with Crippen LogP contribution in [-0.4, -0.2) is 22.7 Å². The van der Waals surface area contributed by atoms with Crippen molar-refractivity contribution >= 4 is 23.2 Å². The number of carbonyl (C=O) groups is 1. The van der Waals surface area contributed by atoms with Crippen LogP contribution in [0.5, 0.6) is 5.75 Å². The molecule has 1 amide bonds. The van der Waals surface area contributed by atoms with Gasteiger partial charge in [0.05, 0.1) is 11.3 Å². The number of carbonyl (C=O) groups excluding carboxylic acids is 1. The highest BCUT2D eigenvalue weighted by atomic mass is 32.1. The van der Waals surface area contributed by atoms with Gasteiger partial charge < -0.3 is 14.6 Å². The first-order valence-corrected chi connectivity index (χ1v) is 9.26. The Balaban J connectivity index is 1.85. The van der Waals surface area contributed by atoms with Crippen LogP contribution in [0.2, 0.25) is 0 Å². The summed E-state index contributed by atoms with van der Waals surface area (Å²) in [5.41, 5.74) is 7.45. The molecule has 0 fully saturated rings. The maximum absolute atomic E-state index is 12.3. The minimum atomic E-state index is -0.300. The Kier molecular flexibility index (Phi) is 7.60. The Bertz CT molecular complexity index is 770. The van der Waals surface area contributed by atoms with Gasteiger partial charge in [-0.05, 0) is 56.6 Å². The van der Waals surface area contributed by atoms with Crippen molar-refractivity contribution in [3.63, 3.8) is 0 Å². The molecule has 27 heavy (non-hydrogen) atoms. The second-order valence-corrected chi connectivity index (χ2v) is 7.05. The molecule has 8 heteroatoms. The van der Waals surface area contributed by atoms with Crippen molar-refractivity contribution in [3.8, 4) is 5.75 Å². The van der Waals surface area contributed by atoms with Crippen molar-refractivity contribution < 1.29 is 14.1 Å². The highest BCUT2D eigenvalue weighted by Gasteiger charge is 2.11. The van der Waals surface area contributed by atoms with Crippen molar-refractivity contribution in [2.75, 3.05) is 6.54 Å². The van der Waals surface area contributed by atoms with E-state index in [1.807, 2.05) is 13.8 Å². The van der Waals surface area contributed by atoms with E-state index < -0.39 is 0 Å². The Morgan fingerprint density at radius 1 is 1.30 bits per heavy atom. The van der Waals surface area contributed by atoms with E-state index in [9.17, 15) is 4.79 Å². The van der Waals surface area contributed by atoms with Gasteiger partial charge in [-0.3, -0.25) is 15.6 Å². The van der Waals surface area contributed by atoms with Gasteiger partial charge in [0, 0.05) is 12.1 Å². The first kappa shape index (κ1) is 20.7. The molecule has 2 aromatic rings. The van der Waals surface area contributed by atoms with Crippen molar-refractivity contribution in [3.05, 3.63) is 46.8 Å². The minimum Gasteiger partial charge on any atom is -0.489 e. The molecule has 3 N–H and O–H groups in total. The van der Waals surface area contributed by atoms with Crippen LogP contribution in [0.3, 0.4) is 0 Å². The summed E-state index contributed by atoms with van der Waals surface area (Å²) >= 11 is 5.14. The topological polar surface area (TPSA) is 88.4 Å². The minimum absolute atomic E-state index is 0.300. The van der Waals surface area contributed by atoms with Gasteiger partial charge in [0.2, 0.25) is 0 Å². The van der Waals surface area contributed by atoms with Crippen LogP contribution in [0.1, 0.15) is 47.6 Å². The molecule has 0 saturated heterocycles. The van der Waals surface area contributed by atoms with Crippen molar-refractivity contribution in [2.45, 2.75) is 40.7 Å². The maximum Gasteiger partial charge on any atom is 0.269 e. The van der Waals surface area contributed by atoms with Crippen LogP contribution in [-0.2, 0) is 6.61 Å². The summed E-state index contributed by atoms with van der Waals surface area (Å²) < 4.78 is 10.9. The fraction of sp³-hybridized carbons (Fsp3) is 0.421. The van der Waals surface area contributed by atoms with Crippen LogP contribution in [0.25, 0.3) is 0 Å². The number of amides is 1. The van der Waals surface area contributed by atoms with Crippen molar-refractivity contribution in [1.82, 2.24) is 21.3 Å². The smallest absolute Gasteiger partial charge is 0.269 e. The molecule has 0 spiro atoms. The number of hydrazine groups is 1.